The normalized spacial score (nSPS) is 12.0. The van der Waals surface area contributed by atoms with E-state index in [2.05, 4.69) is 37.5 Å². The van der Waals surface area contributed by atoms with E-state index in [0.29, 0.717) is 23.2 Å². The molecule has 0 saturated carbocycles. The molecule has 0 aliphatic carbocycles. The quantitative estimate of drug-likeness (QED) is 0.683. The Morgan fingerprint density at radius 3 is 2.76 bits per heavy atom. The average molecular weight is 357 g/mol. The lowest BCUT2D eigenvalue weighted by atomic mass is 9.97. The van der Waals surface area contributed by atoms with Gasteiger partial charge in [-0.05, 0) is 5.56 Å². The van der Waals surface area contributed by atoms with Crippen LogP contribution in [-0.2, 0) is 0 Å². The summed E-state index contributed by atoms with van der Waals surface area (Å²) in [5.74, 6) is 0.559. The van der Waals surface area contributed by atoms with Gasteiger partial charge in [-0.15, -0.1) is 0 Å². The topological polar surface area (TPSA) is 92.7 Å². The lowest BCUT2D eigenvalue weighted by Gasteiger charge is -2.16. The molecule has 0 bridgehead atoms. The van der Waals surface area contributed by atoms with Crippen molar-refractivity contribution in [3.8, 4) is 0 Å². The van der Waals surface area contributed by atoms with Crippen molar-refractivity contribution in [2.75, 3.05) is 18.9 Å². The number of benzene rings is 1. The molecule has 3 rings (SSSR count). The number of fused-ring (bicyclic) bond motifs is 1. The molecule has 0 radical (unpaired) electrons. The molecule has 128 valence electrons. The first kappa shape index (κ1) is 17.0. The Morgan fingerprint density at radius 2 is 2.00 bits per heavy atom. The van der Waals surface area contributed by atoms with E-state index >= 15 is 0 Å². The zero-order valence-electron chi connectivity index (χ0n) is 13.8. The van der Waals surface area contributed by atoms with Gasteiger partial charge in [-0.2, -0.15) is 0 Å². The molecule has 0 aliphatic rings. The largest absolute Gasteiger partial charge is 0.369 e. The Kier molecular flexibility index (Phi) is 5.04. The number of aromatic nitrogens is 4. The Balaban J connectivity index is 1.89. The van der Waals surface area contributed by atoms with E-state index in [1.54, 1.807) is 13.1 Å². The molecule has 7 nitrogen and oxygen atoms in total. The van der Waals surface area contributed by atoms with Crippen LogP contribution in [0.5, 0.6) is 0 Å². The van der Waals surface area contributed by atoms with Gasteiger partial charge in [0.05, 0.1) is 5.52 Å². The van der Waals surface area contributed by atoms with Gasteiger partial charge in [-0.3, -0.25) is 4.79 Å². The first-order chi connectivity index (χ1) is 12.1. The van der Waals surface area contributed by atoms with Crippen molar-refractivity contribution in [1.82, 2.24) is 25.3 Å². The highest BCUT2D eigenvalue weighted by atomic mass is 35.5. The van der Waals surface area contributed by atoms with Crippen LogP contribution >= 0.6 is 11.6 Å². The minimum absolute atomic E-state index is 0.130. The maximum atomic E-state index is 12.0. The van der Waals surface area contributed by atoms with Crippen molar-refractivity contribution in [1.29, 1.82) is 0 Å². The molecule has 1 atom stereocenters. The maximum Gasteiger partial charge on any atom is 0.270 e. The van der Waals surface area contributed by atoms with Crippen molar-refractivity contribution in [3.63, 3.8) is 0 Å². The molecule has 0 saturated heterocycles. The Morgan fingerprint density at radius 1 is 1.20 bits per heavy atom. The number of hydrogen-bond donors (Lipinski definition) is 2. The van der Waals surface area contributed by atoms with Crippen LogP contribution in [0, 0.1) is 0 Å². The number of para-hydroxylation sites is 1. The van der Waals surface area contributed by atoms with E-state index in [1.807, 2.05) is 18.2 Å². The summed E-state index contributed by atoms with van der Waals surface area (Å²) >= 11 is 5.87. The summed E-state index contributed by atoms with van der Waals surface area (Å²) in [6, 6.07) is 7.44. The Bertz CT molecular complexity index is 917. The third-order valence-electron chi connectivity index (χ3n) is 3.89. The van der Waals surface area contributed by atoms with Gasteiger partial charge < -0.3 is 10.6 Å². The summed E-state index contributed by atoms with van der Waals surface area (Å²) in [5.41, 5.74) is 2.17. The van der Waals surface area contributed by atoms with E-state index in [-0.39, 0.29) is 11.8 Å². The Hall–Kier alpha value is -2.80. The van der Waals surface area contributed by atoms with Crippen LogP contribution in [-0.4, -0.2) is 39.4 Å². The summed E-state index contributed by atoms with van der Waals surface area (Å²) in [4.78, 5) is 28.5. The zero-order valence-corrected chi connectivity index (χ0v) is 14.6. The smallest absolute Gasteiger partial charge is 0.270 e. The summed E-state index contributed by atoms with van der Waals surface area (Å²) in [6.07, 6.45) is 2.83. The number of anilines is 1. The number of rotatable bonds is 5. The fraction of sp³-hybridized carbons (Fsp3) is 0.235. The molecule has 0 fully saturated rings. The van der Waals surface area contributed by atoms with Gasteiger partial charge in [-0.1, -0.05) is 36.7 Å². The molecule has 1 aromatic carbocycles. The molecule has 8 heteroatoms. The SMILES string of the molecule is CNC(=O)c1ncnc2c(C(C)CNc3cc(Cl)ncn3)cccc12. The van der Waals surface area contributed by atoms with Crippen molar-refractivity contribution in [2.45, 2.75) is 12.8 Å². The van der Waals surface area contributed by atoms with Gasteiger partial charge in [0.25, 0.3) is 5.91 Å². The summed E-state index contributed by atoms with van der Waals surface area (Å²) in [6.45, 7) is 2.71. The standard InChI is InChI=1S/C17H17ClN6O/c1-10(7-20-14-6-13(18)21-8-22-14)11-4-3-5-12-15(11)23-9-24-16(12)17(25)19-2/h3-6,8-10H,7H2,1-2H3,(H,19,25)(H,20,21,22). The minimum atomic E-state index is -0.231. The second-order valence-corrected chi connectivity index (χ2v) is 5.94. The lowest BCUT2D eigenvalue weighted by molar-refractivity contribution is 0.0960. The third-order valence-corrected chi connectivity index (χ3v) is 4.10. The first-order valence-corrected chi connectivity index (χ1v) is 8.15. The molecule has 0 spiro atoms. The van der Waals surface area contributed by atoms with Crippen molar-refractivity contribution >= 4 is 34.2 Å². The first-order valence-electron chi connectivity index (χ1n) is 7.77. The number of halogens is 1. The van der Waals surface area contributed by atoms with Crippen LogP contribution in [0.15, 0.2) is 36.9 Å². The molecule has 25 heavy (non-hydrogen) atoms. The number of hydrogen-bond acceptors (Lipinski definition) is 6. The van der Waals surface area contributed by atoms with Gasteiger partial charge in [0.2, 0.25) is 0 Å². The fourth-order valence-corrected chi connectivity index (χ4v) is 2.75. The average Bonchev–Trinajstić information content (AvgIpc) is 2.64. The molecule has 3 aromatic rings. The molecule has 1 amide bonds. The van der Waals surface area contributed by atoms with Crippen LogP contribution in [0.25, 0.3) is 10.9 Å². The van der Waals surface area contributed by atoms with Gasteiger partial charge in [0, 0.05) is 31.0 Å². The number of carbonyl (C=O) groups excluding carboxylic acids is 1. The molecule has 1 unspecified atom stereocenters. The van der Waals surface area contributed by atoms with Gasteiger partial charge >= 0.3 is 0 Å². The van der Waals surface area contributed by atoms with E-state index in [1.165, 1.54) is 12.7 Å². The number of amides is 1. The maximum absolute atomic E-state index is 12.0. The van der Waals surface area contributed by atoms with Crippen LogP contribution in [0.2, 0.25) is 5.15 Å². The molecule has 0 aliphatic heterocycles. The fourth-order valence-electron chi connectivity index (χ4n) is 2.61. The Labute approximate surface area is 149 Å². The third kappa shape index (κ3) is 3.66. The number of carbonyl (C=O) groups is 1. The summed E-state index contributed by atoms with van der Waals surface area (Å²) in [7, 11) is 1.58. The molecule has 2 aromatic heterocycles. The van der Waals surface area contributed by atoms with E-state index in [4.69, 9.17) is 11.6 Å². The summed E-state index contributed by atoms with van der Waals surface area (Å²) < 4.78 is 0. The van der Waals surface area contributed by atoms with Crippen molar-refractivity contribution in [3.05, 3.63) is 53.3 Å². The second-order valence-electron chi connectivity index (χ2n) is 5.55. The predicted octanol–water partition coefficient (Wildman–Crippen LogP) is 2.65. The number of nitrogens with zero attached hydrogens (tertiary/aromatic N) is 4. The van der Waals surface area contributed by atoms with Crippen LogP contribution < -0.4 is 10.6 Å². The minimum Gasteiger partial charge on any atom is -0.369 e. The highest BCUT2D eigenvalue weighted by Gasteiger charge is 2.16. The van der Waals surface area contributed by atoms with E-state index < -0.39 is 0 Å². The van der Waals surface area contributed by atoms with E-state index in [0.717, 1.165) is 16.5 Å². The molecule has 2 heterocycles. The lowest BCUT2D eigenvalue weighted by Crippen LogP contribution is -2.20. The molecular formula is C17H17ClN6O. The molecular weight excluding hydrogens is 340 g/mol. The highest BCUT2D eigenvalue weighted by Crippen LogP contribution is 2.25. The zero-order chi connectivity index (χ0) is 17.8. The van der Waals surface area contributed by atoms with Crippen LogP contribution in [0.4, 0.5) is 5.82 Å². The highest BCUT2D eigenvalue weighted by molar-refractivity contribution is 6.29. The molecule has 2 N–H and O–H groups in total. The van der Waals surface area contributed by atoms with Crippen molar-refractivity contribution < 1.29 is 4.79 Å². The monoisotopic (exact) mass is 356 g/mol. The van der Waals surface area contributed by atoms with Gasteiger partial charge in [0.1, 0.15) is 29.3 Å². The van der Waals surface area contributed by atoms with Crippen molar-refractivity contribution in [2.24, 2.45) is 0 Å². The van der Waals surface area contributed by atoms with Crippen LogP contribution in [0.1, 0.15) is 28.9 Å². The number of nitrogens with one attached hydrogen (secondary N) is 2. The van der Waals surface area contributed by atoms with Gasteiger partial charge in [-0.25, -0.2) is 19.9 Å². The van der Waals surface area contributed by atoms with Crippen LogP contribution in [0.3, 0.4) is 0 Å². The van der Waals surface area contributed by atoms with E-state index in [9.17, 15) is 4.79 Å². The van der Waals surface area contributed by atoms with Gasteiger partial charge in [0.15, 0.2) is 0 Å². The summed E-state index contributed by atoms with van der Waals surface area (Å²) in [5, 5.41) is 6.96. The predicted molar refractivity (Wildman–Crippen MR) is 96.9 cm³/mol. The second kappa shape index (κ2) is 7.40.